The third kappa shape index (κ3) is 4.01. The van der Waals surface area contributed by atoms with Crippen molar-refractivity contribution in [2.45, 2.75) is 45.9 Å². The largest absolute Gasteiger partial charge is 0.372 e. The van der Waals surface area contributed by atoms with Gasteiger partial charge in [0.05, 0.1) is 0 Å². The average Bonchev–Trinajstić information content (AvgIpc) is 2.40. The zero-order valence-corrected chi connectivity index (χ0v) is 13.8. The highest BCUT2D eigenvalue weighted by molar-refractivity contribution is 9.08. The summed E-state index contributed by atoms with van der Waals surface area (Å²) in [6.07, 6.45) is 2.54. The number of benzene rings is 1. The van der Waals surface area contributed by atoms with E-state index in [4.69, 9.17) is 0 Å². The van der Waals surface area contributed by atoms with Crippen LogP contribution in [0, 0.1) is 12.8 Å². The van der Waals surface area contributed by atoms with Crippen molar-refractivity contribution in [2.75, 3.05) is 18.0 Å². The fourth-order valence-corrected chi connectivity index (χ4v) is 2.93. The lowest BCUT2D eigenvalue weighted by atomic mass is 10.0. The van der Waals surface area contributed by atoms with Gasteiger partial charge in [0.15, 0.2) is 0 Å². The topological polar surface area (TPSA) is 3.24 Å². The van der Waals surface area contributed by atoms with Crippen molar-refractivity contribution in [1.29, 1.82) is 0 Å². The number of alkyl halides is 1. The molecule has 0 aromatic heterocycles. The minimum atomic E-state index is 0.807. The fraction of sp³-hybridized carbons (Fsp3) is 0.625. The highest BCUT2D eigenvalue weighted by atomic mass is 79.9. The molecule has 0 bridgehead atoms. The molecule has 1 aromatic rings. The van der Waals surface area contributed by atoms with Gasteiger partial charge in [-0.25, -0.2) is 0 Å². The van der Waals surface area contributed by atoms with E-state index in [1.54, 1.807) is 0 Å². The molecular weight excluding hydrogens is 286 g/mol. The molecule has 0 radical (unpaired) electrons. The summed E-state index contributed by atoms with van der Waals surface area (Å²) in [5, 5.41) is 0.942. The molecule has 0 aliphatic heterocycles. The summed E-state index contributed by atoms with van der Waals surface area (Å²) in [7, 11) is 0. The number of anilines is 1. The third-order valence-corrected chi connectivity index (χ3v) is 4.45. The number of hydrogen-bond donors (Lipinski definition) is 0. The molecule has 1 aromatic carbocycles. The first-order valence-electron chi connectivity index (χ1n) is 7.06. The molecule has 0 saturated carbocycles. The van der Waals surface area contributed by atoms with Gasteiger partial charge in [-0.2, -0.15) is 0 Å². The van der Waals surface area contributed by atoms with Gasteiger partial charge < -0.3 is 4.90 Å². The lowest BCUT2D eigenvalue weighted by Crippen LogP contribution is -2.29. The van der Waals surface area contributed by atoms with Crippen LogP contribution < -0.4 is 4.90 Å². The zero-order valence-electron chi connectivity index (χ0n) is 12.2. The first kappa shape index (κ1) is 15.6. The molecule has 0 aliphatic rings. The van der Waals surface area contributed by atoms with Crippen LogP contribution in [0.3, 0.4) is 0 Å². The number of hydrogen-bond acceptors (Lipinski definition) is 1. The van der Waals surface area contributed by atoms with Gasteiger partial charge in [-0.1, -0.05) is 48.7 Å². The van der Waals surface area contributed by atoms with Crippen LogP contribution in [0.15, 0.2) is 18.2 Å². The first-order chi connectivity index (χ1) is 8.65. The van der Waals surface area contributed by atoms with Crippen molar-refractivity contribution >= 4 is 21.6 Å². The highest BCUT2D eigenvalue weighted by Gasteiger charge is 2.11. The molecule has 102 valence electrons. The minimum absolute atomic E-state index is 0.807. The Kier molecular flexibility index (Phi) is 6.77. The number of halogens is 1. The van der Waals surface area contributed by atoms with E-state index in [1.807, 2.05) is 0 Å². The predicted octanol–water partition coefficient (Wildman–Crippen LogP) is 5.15. The van der Waals surface area contributed by atoms with Gasteiger partial charge >= 0.3 is 0 Å². The molecule has 1 nitrogen and oxygen atoms in total. The monoisotopic (exact) mass is 311 g/mol. The summed E-state index contributed by atoms with van der Waals surface area (Å²) in [6, 6.07) is 6.83. The van der Waals surface area contributed by atoms with Crippen LogP contribution >= 0.6 is 15.9 Å². The summed E-state index contributed by atoms with van der Waals surface area (Å²) in [5.74, 6) is 0.807. The molecule has 0 atom stereocenters. The molecule has 0 N–H and O–H groups in total. The Bertz CT molecular complexity index is 358. The Labute approximate surface area is 121 Å². The molecule has 0 fully saturated rings. The van der Waals surface area contributed by atoms with Gasteiger partial charge in [-0.15, -0.1) is 0 Å². The molecule has 2 heteroatoms. The second-order valence-corrected chi connectivity index (χ2v) is 5.53. The summed E-state index contributed by atoms with van der Waals surface area (Å²) in [5.41, 5.74) is 4.14. The van der Waals surface area contributed by atoms with E-state index in [2.05, 4.69) is 66.7 Å². The molecule has 1 rings (SSSR count). The lowest BCUT2D eigenvalue weighted by molar-refractivity contribution is 0.486. The minimum Gasteiger partial charge on any atom is -0.372 e. The van der Waals surface area contributed by atoms with Crippen LogP contribution in [0.2, 0.25) is 0 Å². The second-order valence-electron chi connectivity index (χ2n) is 4.97. The van der Waals surface area contributed by atoms with Crippen LogP contribution in [-0.4, -0.2) is 13.1 Å². The van der Waals surface area contributed by atoms with E-state index in [0.29, 0.717) is 0 Å². The maximum atomic E-state index is 3.54. The number of nitrogens with zero attached hydrogens (tertiary/aromatic N) is 1. The summed E-state index contributed by atoms with van der Waals surface area (Å²) >= 11 is 3.54. The average molecular weight is 312 g/mol. The van der Waals surface area contributed by atoms with E-state index in [-0.39, 0.29) is 0 Å². The second kappa shape index (κ2) is 7.83. The van der Waals surface area contributed by atoms with Crippen LogP contribution in [0.4, 0.5) is 5.69 Å². The Hall–Kier alpha value is -0.500. The van der Waals surface area contributed by atoms with Crippen molar-refractivity contribution in [3.05, 3.63) is 29.3 Å². The maximum Gasteiger partial charge on any atom is 0.0369 e. The van der Waals surface area contributed by atoms with Crippen molar-refractivity contribution in [3.8, 4) is 0 Å². The van der Waals surface area contributed by atoms with Gasteiger partial charge in [-0.3, -0.25) is 0 Å². The van der Waals surface area contributed by atoms with E-state index < -0.39 is 0 Å². The Balaban J connectivity index is 2.84. The van der Waals surface area contributed by atoms with Crippen molar-refractivity contribution < 1.29 is 0 Å². The summed E-state index contributed by atoms with van der Waals surface area (Å²) in [6.45, 7) is 11.3. The van der Waals surface area contributed by atoms with Crippen molar-refractivity contribution in [3.63, 3.8) is 0 Å². The zero-order chi connectivity index (χ0) is 13.5. The molecule has 0 amide bonds. The summed E-state index contributed by atoms with van der Waals surface area (Å²) < 4.78 is 0. The van der Waals surface area contributed by atoms with Gasteiger partial charge in [0.1, 0.15) is 0 Å². The van der Waals surface area contributed by atoms with Crippen LogP contribution in [-0.2, 0) is 5.33 Å². The van der Waals surface area contributed by atoms with E-state index in [9.17, 15) is 0 Å². The number of rotatable bonds is 7. The van der Waals surface area contributed by atoms with Gasteiger partial charge in [0, 0.05) is 24.1 Å². The van der Waals surface area contributed by atoms with E-state index in [1.165, 1.54) is 36.2 Å². The molecule has 18 heavy (non-hydrogen) atoms. The quantitative estimate of drug-likeness (QED) is 0.629. The molecule has 0 unspecified atom stereocenters. The normalized spacial score (nSPS) is 11.0. The van der Waals surface area contributed by atoms with E-state index in [0.717, 1.165) is 17.8 Å². The van der Waals surface area contributed by atoms with Crippen molar-refractivity contribution in [1.82, 2.24) is 0 Å². The van der Waals surface area contributed by atoms with Crippen molar-refractivity contribution in [2.24, 2.45) is 5.92 Å². The molecular formula is C16H26BrN. The van der Waals surface area contributed by atoms with Crippen LogP contribution in [0.1, 0.15) is 44.7 Å². The Morgan fingerprint density at radius 3 is 2.28 bits per heavy atom. The Morgan fingerprint density at radius 2 is 1.83 bits per heavy atom. The van der Waals surface area contributed by atoms with Gasteiger partial charge in [0.2, 0.25) is 0 Å². The van der Waals surface area contributed by atoms with Gasteiger partial charge in [0.25, 0.3) is 0 Å². The number of aryl methyl sites for hydroxylation is 1. The lowest BCUT2D eigenvalue weighted by Gasteiger charge is -2.28. The summed E-state index contributed by atoms with van der Waals surface area (Å²) in [4.78, 5) is 2.50. The SMILES string of the molecule is CCC(CC)CN(CC)c1ccc(CBr)c(C)c1. The predicted molar refractivity (Wildman–Crippen MR) is 85.8 cm³/mol. The third-order valence-electron chi connectivity index (χ3n) is 3.85. The fourth-order valence-electron chi connectivity index (χ4n) is 2.30. The van der Waals surface area contributed by atoms with Crippen LogP contribution in [0.25, 0.3) is 0 Å². The molecule has 0 saturated heterocycles. The maximum absolute atomic E-state index is 3.54. The standard InChI is InChI=1S/C16H26BrN/c1-5-14(6-2)12-18(7-3)16-9-8-15(11-17)13(4)10-16/h8-10,14H,5-7,11-12H2,1-4H3. The Morgan fingerprint density at radius 1 is 1.17 bits per heavy atom. The molecule has 0 aliphatic carbocycles. The van der Waals surface area contributed by atoms with E-state index >= 15 is 0 Å². The first-order valence-corrected chi connectivity index (χ1v) is 8.18. The highest BCUT2D eigenvalue weighted by Crippen LogP contribution is 2.22. The smallest absolute Gasteiger partial charge is 0.0369 e. The van der Waals surface area contributed by atoms with Gasteiger partial charge in [-0.05, 0) is 43.0 Å². The molecule has 0 spiro atoms. The molecule has 0 heterocycles. The van der Waals surface area contributed by atoms with Crippen LogP contribution in [0.5, 0.6) is 0 Å².